The van der Waals surface area contributed by atoms with Crippen LogP contribution in [0.2, 0.25) is 0 Å². The van der Waals surface area contributed by atoms with Gasteiger partial charge in [-0.3, -0.25) is 14.3 Å². The zero-order valence-corrected chi connectivity index (χ0v) is 13.7. The van der Waals surface area contributed by atoms with Crippen molar-refractivity contribution in [3.05, 3.63) is 32.6 Å². The molecule has 1 fully saturated rings. The number of hydrogen-bond acceptors (Lipinski definition) is 5. The number of rotatable bonds is 4. The van der Waals surface area contributed by atoms with Crippen molar-refractivity contribution in [2.75, 3.05) is 13.7 Å². The van der Waals surface area contributed by atoms with Gasteiger partial charge in [-0.05, 0) is 27.7 Å². The van der Waals surface area contributed by atoms with Crippen molar-refractivity contribution in [2.45, 2.75) is 58.2 Å². The molecule has 0 spiro atoms. The van der Waals surface area contributed by atoms with E-state index in [4.69, 9.17) is 14.2 Å². The Balaban J connectivity index is 2.16. The predicted molar refractivity (Wildman–Crippen MR) is 81.1 cm³/mol. The highest BCUT2D eigenvalue weighted by Crippen LogP contribution is 2.30. The minimum atomic E-state index is -0.479. The third-order valence-corrected chi connectivity index (χ3v) is 3.62. The number of aromatic nitrogens is 2. The molecule has 1 aliphatic heterocycles. The average Bonchev–Trinajstić information content (AvgIpc) is 2.83. The van der Waals surface area contributed by atoms with Crippen LogP contribution < -0.4 is 11.2 Å². The molecule has 1 aliphatic rings. The lowest BCUT2D eigenvalue weighted by Crippen LogP contribution is -2.34. The van der Waals surface area contributed by atoms with Crippen LogP contribution in [0.3, 0.4) is 0 Å². The van der Waals surface area contributed by atoms with E-state index in [0.29, 0.717) is 18.6 Å². The summed E-state index contributed by atoms with van der Waals surface area (Å²) in [6.45, 7) is 7.94. The highest BCUT2D eigenvalue weighted by atomic mass is 16.6. The van der Waals surface area contributed by atoms with Crippen LogP contribution in [-0.2, 0) is 14.2 Å². The Morgan fingerprint density at radius 3 is 2.68 bits per heavy atom. The van der Waals surface area contributed by atoms with Gasteiger partial charge in [-0.1, -0.05) is 0 Å². The summed E-state index contributed by atoms with van der Waals surface area (Å²) in [6, 6.07) is 0. The summed E-state index contributed by atoms with van der Waals surface area (Å²) in [5, 5.41) is 0. The van der Waals surface area contributed by atoms with E-state index in [0.717, 1.165) is 0 Å². The van der Waals surface area contributed by atoms with Crippen molar-refractivity contribution >= 4 is 0 Å². The van der Waals surface area contributed by atoms with E-state index >= 15 is 0 Å². The smallest absolute Gasteiger partial charge is 0.330 e. The van der Waals surface area contributed by atoms with Crippen molar-refractivity contribution in [2.24, 2.45) is 0 Å². The molecular formula is C15H24N2O5. The van der Waals surface area contributed by atoms with E-state index in [1.54, 1.807) is 14.0 Å². The minimum Gasteiger partial charge on any atom is -0.378 e. The third kappa shape index (κ3) is 3.85. The van der Waals surface area contributed by atoms with Crippen molar-refractivity contribution in [1.82, 2.24) is 9.55 Å². The second-order valence-electron chi connectivity index (χ2n) is 6.54. The van der Waals surface area contributed by atoms with Gasteiger partial charge in [-0.25, -0.2) is 4.79 Å². The van der Waals surface area contributed by atoms with Gasteiger partial charge in [0.25, 0.3) is 5.56 Å². The Hall–Kier alpha value is -1.44. The lowest BCUT2D eigenvalue weighted by atomic mass is 10.1. The van der Waals surface area contributed by atoms with E-state index in [1.165, 1.54) is 10.8 Å². The van der Waals surface area contributed by atoms with Crippen molar-refractivity contribution < 1.29 is 14.2 Å². The van der Waals surface area contributed by atoms with Crippen LogP contribution in [0.5, 0.6) is 0 Å². The van der Waals surface area contributed by atoms with Gasteiger partial charge in [0.1, 0.15) is 12.3 Å². The maximum absolute atomic E-state index is 12.0. The maximum atomic E-state index is 12.0. The van der Waals surface area contributed by atoms with Crippen LogP contribution in [0, 0.1) is 6.92 Å². The van der Waals surface area contributed by atoms with Gasteiger partial charge in [-0.15, -0.1) is 0 Å². The summed E-state index contributed by atoms with van der Waals surface area (Å²) >= 11 is 0. The predicted octanol–water partition coefficient (Wildman–Crippen LogP) is 0.963. The fourth-order valence-corrected chi connectivity index (χ4v) is 2.40. The number of aromatic amines is 1. The summed E-state index contributed by atoms with van der Waals surface area (Å²) in [6.07, 6.45) is 1.16. The number of ether oxygens (including phenoxy) is 3. The highest BCUT2D eigenvalue weighted by molar-refractivity contribution is 5.02. The number of H-pyrrole nitrogens is 1. The Bertz CT molecular complexity index is 628. The standard InChI is InChI=1S/C15H24N2O5/c1-9-7-17(14(19)16-13(9)18)12-6-10(20-5)11(22-12)8-21-15(2,3)4/h7,10-12H,6,8H2,1-5H3,(H,16,18,19)/t10?,11-,12-/m1/s1. The molecule has 0 saturated carbocycles. The first-order valence-electron chi connectivity index (χ1n) is 7.35. The van der Waals surface area contributed by atoms with E-state index in [-0.39, 0.29) is 23.4 Å². The largest absolute Gasteiger partial charge is 0.378 e. The van der Waals surface area contributed by atoms with E-state index in [9.17, 15) is 9.59 Å². The average molecular weight is 312 g/mol. The van der Waals surface area contributed by atoms with Crippen molar-refractivity contribution in [3.63, 3.8) is 0 Å². The van der Waals surface area contributed by atoms with Gasteiger partial charge < -0.3 is 14.2 Å². The molecule has 1 saturated heterocycles. The normalized spacial score (nSPS) is 25.6. The monoisotopic (exact) mass is 312 g/mol. The van der Waals surface area contributed by atoms with Crippen LogP contribution in [0.25, 0.3) is 0 Å². The molecule has 0 aromatic carbocycles. The quantitative estimate of drug-likeness (QED) is 0.895. The molecule has 7 nitrogen and oxygen atoms in total. The number of nitrogens with zero attached hydrogens (tertiary/aromatic N) is 1. The van der Waals surface area contributed by atoms with Crippen LogP contribution in [0.1, 0.15) is 39.0 Å². The topological polar surface area (TPSA) is 82.6 Å². The molecule has 124 valence electrons. The second-order valence-corrected chi connectivity index (χ2v) is 6.54. The molecule has 1 aromatic rings. The Labute approximate surface area is 129 Å². The number of methoxy groups -OCH3 is 1. The molecule has 22 heavy (non-hydrogen) atoms. The Kier molecular flexibility index (Phi) is 4.89. The lowest BCUT2D eigenvalue weighted by Gasteiger charge is -2.24. The Morgan fingerprint density at radius 2 is 2.09 bits per heavy atom. The zero-order chi connectivity index (χ0) is 16.5. The molecule has 7 heteroatoms. The first kappa shape index (κ1) is 16.9. The van der Waals surface area contributed by atoms with Gasteiger partial charge in [0.05, 0.1) is 18.3 Å². The summed E-state index contributed by atoms with van der Waals surface area (Å²) < 4.78 is 18.5. The first-order valence-corrected chi connectivity index (χ1v) is 7.35. The summed E-state index contributed by atoms with van der Waals surface area (Å²) in [5.74, 6) is 0. The minimum absolute atomic E-state index is 0.161. The van der Waals surface area contributed by atoms with Gasteiger partial charge >= 0.3 is 5.69 Å². The summed E-state index contributed by atoms with van der Waals surface area (Å²) in [7, 11) is 1.61. The summed E-state index contributed by atoms with van der Waals surface area (Å²) in [5.41, 5.74) is -0.667. The zero-order valence-electron chi connectivity index (χ0n) is 13.7. The van der Waals surface area contributed by atoms with Crippen molar-refractivity contribution in [1.29, 1.82) is 0 Å². The maximum Gasteiger partial charge on any atom is 0.330 e. The van der Waals surface area contributed by atoms with E-state index in [1.807, 2.05) is 20.8 Å². The molecule has 1 unspecified atom stereocenters. The highest BCUT2D eigenvalue weighted by Gasteiger charge is 2.37. The van der Waals surface area contributed by atoms with Gasteiger partial charge in [-0.2, -0.15) is 0 Å². The molecule has 0 bridgehead atoms. The van der Waals surface area contributed by atoms with Crippen LogP contribution >= 0.6 is 0 Å². The molecule has 0 radical (unpaired) electrons. The number of hydrogen-bond donors (Lipinski definition) is 1. The second kappa shape index (κ2) is 6.36. The van der Waals surface area contributed by atoms with Gasteiger partial charge in [0, 0.05) is 25.3 Å². The molecule has 1 N–H and O–H groups in total. The first-order chi connectivity index (χ1) is 10.2. The molecule has 0 aliphatic carbocycles. The third-order valence-electron chi connectivity index (χ3n) is 3.62. The molecule has 3 atom stereocenters. The van der Waals surface area contributed by atoms with E-state index in [2.05, 4.69) is 4.98 Å². The van der Waals surface area contributed by atoms with Crippen LogP contribution in [-0.4, -0.2) is 41.1 Å². The molecule has 0 amide bonds. The van der Waals surface area contributed by atoms with Crippen LogP contribution in [0.4, 0.5) is 0 Å². The van der Waals surface area contributed by atoms with Gasteiger partial charge in [0.15, 0.2) is 0 Å². The van der Waals surface area contributed by atoms with E-state index < -0.39 is 11.9 Å². The molecule has 2 rings (SSSR count). The number of aryl methyl sites for hydroxylation is 1. The SMILES string of the molecule is COC1C[C@H](n2cc(C)c(=O)[nH]c2=O)O[C@@H]1COC(C)(C)C. The molecular weight excluding hydrogens is 288 g/mol. The molecule has 2 heterocycles. The lowest BCUT2D eigenvalue weighted by molar-refractivity contribution is -0.104. The summed E-state index contributed by atoms with van der Waals surface area (Å²) in [4.78, 5) is 25.7. The Morgan fingerprint density at radius 1 is 1.41 bits per heavy atom. The van der Waals surface area contributed by atoms with Crippen LogP contribution in [0.15, 0.2) is 15.8 Å². The number of nitrogens with one attached hydrogen (secondary N) is 1. The van der Waals surface area contributed by atoms with Crippen molar-refractivity contribution in [3.8, 4) is 0 Å². The fraction of sp³-hybridized carbons (Fsp3) is 0.733. The molecule has 1 aromatic heterocycles. The fourth-order valence-electron chi connectivity index (χ4n) is 2.40. The van der Waals surface area contributed by atoms with Gasteiger partial charge in [0.2, 0.25) is 0 Å².